The number of para-hydroxylation sites is 1. The lowest BCUT2D eigenvalue weighted by Crippen LogP contribution is -2.41. The van der Waals surface area contributed by atoms with E-state index in [4.69, 9.17) is 53.8 Å². The number of aliphatic hydroxyl groups is 2. The molecule has 0 spiro atoms. The SMILES string of the molecule is COc1nc(N)nc2c1ncn2[C@@H]1O[C@H](COP(=O)(N[C@@H](C)C(=O)OC(C)C)Oc2ccccc2)[C@@H](O)[C@@]1(C)F.COc1nc(N)nc2c1ncn2[C@@H]1O[C@H](COP(=O)(O)N[C@@H](C)C(=O)O)[C@@H](O)[C@@]1(C)F. The predicted octanol–water partition coefficient (Wildman–Crippen LogP) is 2.12. The summed E-state index contributed by atoms with van der Waals surface area (Å²) in [7, 11) is -6.15. The maximum Gasteiger partial charge on any atom is 0.459 e. The van der Waals surface area contributed by atoms with Crippen molar-refractivity contribution in [2.75, 3.05) is 38.9 Å². The molecule has 2 unspecified atom stereocenters. The minimum absolute atomic E-state index is 0.0556. The second-order valence-corrected chi connectivity index (χ2v) is 19.9. The largest absolute Gasteiger partial charge is 0.480 e. The summed E-state index contributed by atoms with van der Waals surface area (Å²) in [6.45, 7) is 6.82. The van der Waals surface area contributed by atoms with Crippen LogP contribution in [0.15, 0.2) is 43.0 Å². The number of hydrogen-bond donors (Lipinski definition) is 8. The number of carbonyl (C=O) groups excluding carboxylic acids is 1. The molecule has 71 heavy (non-hydrogen) atoms. The van der Waals surface area contributed by atoms with Crippen LogP contribution in [0, 0.1) is 0 Å². The van der Waals surface area contributed by atoms with Crippen molar-refractivity contribution in [2.45, 2.75) is 108 Å². The van der Waals surface area contributed by atoms with E-state index >= 15 is 8.78 Å². The number of halogens is 2. The molecule has 0 saturated carbocycles. The molecule has 2 aliphatic heterocycles. The molecule has 10 N–H and O–H groups in total. The third-order valence-corrected chi connectivity index (χ3v) is 13.6. The van der Waals surface area contributed by atoms with Crippen molar-refractivity contribution in [3.63, 3.8) is 0 Å². The standard InChI is InChI=1S/C24H32FN6O8P.C15H22FN6O8P/c1-13(2)37-21(33)14(3)30-40(34,39-15-9-7-6-8-10-15)36-11-16-18(32)24(4,25)22(38-16)31-12-27-17-19(31)28-23(26)29-20(17)35-5;1-6(12(24)25)21-31(26,27)29-4-7-9(23)15(2,16)13(30-7)22-5-18-8-10(22)19-14(17)20-11(8)28-3/h6-10,12-14,16,18,22,32H,11H2,1-5H3,(H,30,34)(H2,26,28,29);5-7,9,13,23H,4H2,1-3H3,(H,24,25)(H2,17,19,20)(H2,21,26,27)/t14-,16+,18+,22+,24+,40?;6-,7+,9+,13+,15+/m00/s1. The molecule has 12 atom stereocenters. The van der Waals surface area contributed by atoms with Gasteiger partial charge in [-0.3, -0.25) is 27.8 Å². The number of carboxylic acid groups (broad SMARTS) is 1. The molecule has 6 heterocycles. The molecule has 28 nitrogen and oxygen atoms in total. The van der Waals surface area contributed by atoms with E-state index in [1.54, 1.807) is 32.0 Å². The van der Waals surface area contributed by atoms with Gasteiger partial charge in [0.15, 0.2) is 46.1 Å². The normalized spacial score (nSPS) is 26.8. The first-order valence-electron chi connectivity index (χ1n) is 21.3. The molecule has 0 radical (unpaired) electrons. The lowest BCUT2D eigenvalue weighted by molar-refractivity contribution is -0.149. The number of nitrogens with two attached hydrogens (primary N) is 2. The van der Waals surface area contributed by atoms with Gasteiger partial charge in [0.05, 0.1) is 46.2 Å². The van der Waals surface area contributed by atoms with Gasteiger partial charge in [-0.25, -0.2) is 33.0 Å². The van der Waals surface area contributed by atoms with Gasteiger partial charge in [-0.15, -0.1) is 0 Å². The third-order valence-electron chi connectivity index (χ3n) is 10.7. The van der Waals surface area contributed by atoms with E-state index in [1.807, 2.05) is 5.09 Å². The number of aliphatic hydroxyl groups excluding tert-OH is 2. The smallest absolute Gasteiger partial charge is 0.459 e. The Hall–Kier alpha value is -5.78. The lowest BCUT2D eigenvalue weighted by atomic mass is 9.98. The molecule has 2 aliphatic rings. The summed E-state index contributed by atoms with van der Waals surface area (Å²) in [5, 5.41) is 34.5. The number of fused-ring (bicyclic) bond motifs is 2. The number of alkyl halides is 2. The van der Waals surface area contributed by atoms with Gasteiger partial charge in [0.25, 0.3) is 0 Å². The summed E-state index contributed by atoms with van der Waals surface area (Å²) in [6, 6.07) is 5.63. The Balaban J connectivity index is 0.000000240. The van der Waals surface area contributed by atoms with Gasteiger partial charge in [-0.1, -0.05) is 18.2 Å². The fraction of sp³-hybridized carbons (Fsp3) is 0.538. The fourth-order valence-corrected chi connectivity index (χ4v) is 9.69. The molecule has 7 rings (SSSR count). The number of nitrogen functional groups attached to an aromatic ring is 2. The van der Waals surface area contributed by atoms with Crippen molar-refractivity contribution in [1.82, 2.24) is 49.2 Å². The van der Waals surface area contributed by atoms with Gasteiger partial charge in [0.2, 0.25) is 23.7 Å². The second-order valence-electron chi connectivity index (χ2n) is 16.6. The number of aliphatic carboxylic acids is 1. The minimum Gasteiger partial charge on any atom is -0.480 e. The van der Waals surface area contributed by atoms with Crippen LogP contribution < -0.4 is 35.6 Å². The lowest BCUT2D eigenvalue weighted by Gasteiger charge is -2.25. The highest BCUT2D eigenvalue weighted by Crippen LogP contribution is 2.49. The van der Waals surface area contributed by atoms with E-state index < -0.39 is 107 Å². The summed E-state index contributed by atoms with van der Waals surface area (Å²) < 4.78 is 102. The molecule has 0 amide bonds. The van der Waals surface area contributed by atoms with Crippen molar-refractivity contribution in [3.8, 4) is 17.5 Å². The number of benzene rings is 1. The number of rotatable bonds is 19. The van der Waals surface area contributed by atoms with E-state index in [2.05, 4.69) is 35.0 Å². The first-order valence-corrected chi connectivity index (χ1v) is 24.4. The molecule has 0 aliphatic carbocycles. The maximum absolute atomic E-state index is 15.9. The number of esters is 1. The van der Waals surface area contributed by atoms with E-state index in [0.717, 1.165) is 20.8 Å². The summed E-state index contributed by atoms with van der Waals surface area (Å²) in [5.74, 6) is -2.05. The Morgan fingerprint density at radius 1 is 0.789 bits per heavy atom. The number of carboxylic acids is 1. The zero-order valence-electron chi connectivity index (χ0n) is 39.2. The fourth-order valence-electron chi connectivity index (χ4n) is 7.16. The van der Waals surface area contributed by atoms with E-state index in [9.17, 15) is 33.8 Å². The number of imidazole rings is 2. The number of nitrogens with one attached hydrogen (secondary N) is 2. The maximum atomic E-state index is 15.9. The average Bonchev–Trinajstić information content (AvgIpc) is 4.02. The first-order chi connectivity index (χ1) is 33.2. The van der Waals surface area contributed by atoms with Crippen LogP contribution in [-0.2, 0) is 42.0 Å². The van der Waals surface area contributed by atoms with Crippen molar-refractivity contribution < 1.29 is 85.0 Å². The Kier molecular flexibility index (Phi) is 16.5. The summed E-state index contributed by atoms with van der Waals surface area (Å²) in [5.41, 5.74) is 7.23. The molecule has 2 fully saturated rings. The quantitative estimate of drug-likeness (QED) is 0.0434. The van der Waals surface area contributed by atoms with Crippen LogP contribution >= 0.6 is 15.5 Å². The van der Waals surface area contributed by atoms with Crippen LogP contribution in [-0.4, -0.2) is 153 Å². The highest BCUT2D eigenvalue weighted by atomic mass is 31.2. The van der Waals surface area contributed by atoms with E-state index in [0.29, 0.717) is 0 Å². The van der Waals surface area contributed by atoms with Gasteiger partial charge >= 0.3 is 27.4 Å². The van der Waals surface area contributed by atoms with E-state index in [1.165, 1.54) is 55.1 Å². The Labute approximate surface area is 402 Å². The third kappa shape index (κ3) is 12.1. The molecule has 1 aromatic carbocycles. The summed E-state index contributed by atoms with van der Waals surface area (Å²) in [4.78, 5) is 57.1. The Bertz CT molecular complexity index is 2790. The number of nitrogens with zero attached hydrogens (tertiary/aromatic N) is 8. The molecule has 0 bridgehead atoms. The zero-order valence-corrected chi connectivity index (χ0v) is 41.0. The summed E-state index contributed by atoms with van der Waals surface area (Å²) in [6.07, 6.45) is -7.02. The second kappa shape index (κ2) is 21.5. The summed E-state index contributed by atoms with van der Waals surface area (Å²) >= 11 is 0. The van der Waals surface area contributed by atoms with Crippen LogP contribution in [0.3, 0.4) is 0 Å². The molecule has 390 valence electrons. The molecule has 2 saturated heterocycles. The van der Waals surface area contributed by atoms with Crippen molar-refractivity contribution in [3.05, 3.63) is 43.0 Å². The molecule has 32 heteroatoms. The van der Waals surface area contributed by atoms with Crippen LogP contribution in [0.5, 0.6) is 17.5 Å². The van der Waals surface area contributed by atoms with Gasteiger partial charge in [-0.2, -0.15) is 25.0 Å². The number of anilines is 2. The van der Waals surface area contributed by atoms with Gasteiger partial charge < -0.3 is 59.9 Å². The average molecular weight is 1050 g/mol. The van der Waals surface area contributed by atoms with Crippen molar-refractivity contribution in [1.29, 1.82) is 0 Å². The van der Waals surface area contributed by atoms with E-state index in [-0.39, 0.29) is 51.7 Å². The van der Waals surface area contributed by atoms with Crippen molar-refractivity contribution >= 4 is 61.7 Å². The number of carbonyl (C=O) groups is 2. The van der Waals surface area contributed by atoms with Crippen molar-refractivity contribution in [2.24, 2.45) is 0 Å². The monoisotopic (exact) mass is 1050 g/mol. The van der Waals surface area contributed by atoms with Crippen LogP contribution in [0.2, 0.25) is 0 Å². The number of methoxy groups -OCH3 is 2. The highest BCUT2D eigenvalue weighted by Gasteiger charge is 2.57. The molecular formula is C39H54F2N12O16P2. The number of hydrogen-bond acceptors (Lipinski definition) is 22. The Morgan fingerprint density at radius 2 is 1.25 bits per heavy atom. The topological polar surface area (TPSA) is 386 Å². The predicted molar refractivity (Wildman–Crippen MR) is 242 cm³/mol. The number of aromatic nitrogens is 8. The first kappa shape index (κ1) is 54.6. The van der Waals surface area contributed by atoms with Gasteiger partial charge in [0, 0.05) is 0 Å². The molecule has 4 aromatic heterocycles. The minimum atomic E-state index is -4.58. The van der Waals surface area contributed by atoms with Crippen LogP contribution in [0.25, 0.3) is 22.3 Å². The molecule has 5 aromatic rings. The van der Waals surface area contributed by atoms with Crippen LogP contribution in [0.4, 0.5) is 20.7 Å². The molecular weight excluding hydrogens is 992 g/mol. The van der Waals surface area contributed by atoms with Gasteiger partial charge in [-0.05, 0) is 53.7 Å². The number of ether oxygens (including phenoxy) is 5. The highest BCUT2D eigenvalue weighted by molar-refractivity contribution is 7.52. The van der Waals surface area contributed by atoms with Crippen LogP contribution in [0.1, 0.15) is 54.0 Å². The zero-order chi connectivity index (χ0) is 52.4. The van der Waals surface area contributed by atoms with Gasteiger partial charge in [0.1, 0.15) is 42.2 Å². The Morgan fingerprint density at radius 3 is 1.69 bits per heavy atom.